The first-order chi connectivity index (χ1) is 31.3. The number of hydrogen-bond donors (Lipinski definition) is 3. The maximum Gasteiger partial charge on any atom is 0.239 e. The highest BCUT2D eigenvalue weighted by atomic mass is 79.9. The van der Waals surface area contributed by atoms with Crippen molar-refractivity contribution >= 4 is 195 Å². The molecule has 67 heavy (non-hydrogen) atoms. The monoisotopic (exact) mass is 1500 g/mol. The van der Waals surface area contributed by atoms with E-state index in [-0.39, 0.29) is 34.3 Å². The standard InChI is InChI=1S/C37H3Br8F15N4.CH2Cl2/c38-7-9(40)32-5(2-17(48)23(54)28(59)24(55)18(2)49)34-11(42)13(44)36(63-34)37-14(45)12(43)35(64-37)6(3-19(50)25(56)29(60)26(57)20(3)51)33-10(41)8(39)31(62-33)4(30(7)61-32)1-15(46)21(52)27(58)22(53)16(1)47;2-1-3/h61-63H;1H2. The quantitative estimate of drug-likeness (QED) is 0.0533. The second-order valence-corrected chi connectivity index (χ2v) is 20.2. The normalized spacial score (nSPS) is 11.7. The predicted molar refractivity (Wildman–Crippen MR) is 249 cm³/mol. The molecule has 3 aromatic carbocycles. The first-order valence-electron chi connectivity index (χ1n) is 16.8. The average Bonchev–Trinajstić information content (AvgIpc) is 3.96. The number of alkyl halides is 2. The van der Waals surface area contributed by atoms with Crippen molar-refractivity contribution in [3.8, 4) is 33.4 Å². The summed E-state index contributed by atoms with van der Waals surface area (Å²) in [6, 6.07) is 0. The predicted octanol–water partition coefficient (Wildman–Crippen LogP) is 19.3. The summed E-state index contributed by atoms with van der Waals surface area (Å²) in [5, 5.41) is 0.194. The van der Waals surface area contributed by atoms with E-state index in [2.05, 4.69) is 147 Å². The van der Waals surface area contributed by atoms with Gasteiger partial charge in [-0.1, -0.05) is 5.52 Å². The van der Waals surface area contributed by atoms with E-state index >= 15 is 52.7 Å². The van der Waals surface area contributed by atoms with Gasteiger partial charge in [0.25, 0.3) is 0 Å². The second-order valence-electron chi connectivity index (χ2n) is 13.0. The molecule has 0 aliphatic rings. The van der Waals surface area contributed by atoms with Gasteiger partial charge in [-0.3, -0.25) is 0 Å². The number of fused-ring (bicyclic) bond motifs is 9. The molecule has 3 N–H and O–H groups in total. The lowest BCUT2D eigenvalue weighted by Gasteiger charge is -2.11. The zero-order chi connectivity index (χ0) is 49.9. The van der Waals surface area contributed by atoms with E-state index in [9.17, 15) is 13.2 Å². The van der Waals surface area contributed by atoms with Gasteiger partial charge in [-0.15, -0.1) is 23.2 Å². The van der Waals surface area contributed by atoms with E-state index in [4.69, 9.17) is 23.2 Å². The molecule has 8 rings (SSSR count). The molecule has 29 heteroatoms. The molecule has 0 amide bonds. The number of halogens is 25. The summed E-state index contributed by atoms with van der Waals surface area (Å²) in [7, 11) is 0. The highest BCUT2D eigenvalue weighted by Crippen LogP contribution is 2.52. The van der Waals surface area contributed by atoms with E-state index in [1.54, 1.807) is 0 Å². The Hall–Kier alpha value is -2.24. The Balaban J connectivity index is 0.00000216. The second kappa shape index (κ2) is 19.4. The Bertz CT molecular complexity index is 3320. The number of rotatable bonds is 3. The maximum atomic E-state index is 16.2. The van der Waals surface area contributed by atoms with Gasteiger partial charge in [0.05, 0.1) is 75.4 Å². The van der Waals surface area contributed by atoms with Crippen LogP contribution in [-0.2, 0) is 0 Å². The van der Waals surface area contributed by atoms with Crippen LogP contribution < -0.4 is 4.98 Å². The summed E-state index contributed by atoms with van der Waals surface area (Å²) in [5.41, 5.74) is -13.4. The average molecular weight is 1510 g/mol. The molecule has 0 radical (unpaired) electrons. The molecule has 352 valence electrons. The summed E-state index contributed by atoms with van der Waals surface area (Å²) in [6.07, 6.45) is 0. The van der Waals surface area contributed by atoms with Crippen molar-refractivity contribution in [2.45, 2.75) is 0 Å². The fourth-order valence-electron chi connectivity index (χ4n) is 6.72. The molecule has 5 heterocycles. The van der Waals surface area contributed by atoms with Crippen molar-refractivity contribution in [3.63, 3.8) is 0 Å². The molecular formula is C38H5Br8Cl2F15N4. The number of nitrogens with one attached hydrogen (secondary N) is 3. The molecule has 5 aromatic heterocycles. The Morgan fingerprint density at radius 3 is 1.00 bits per heavy atom. The molecule has 0 saturated heterocycles. The summed E-state index contributed by atoms with van der Waals surface area (Å²) < 4.78 is 228. The number of aromatic amines is 3. The van der Waals surface area contributed by atoms with Gasteiger partial charge >= 0.3 is 0 Å². The SMILES string of the molecule is ClCCl.Fc1c(F)c(F)c(-c2c3[nH]c(c(Br)c3Br)c(-c3c(F)c(F)c(F)c(F)c3F)c3[nH]c(c(Br)c3Br)[c+](-c3c(F)c(F)c(F)c(F)c3F)c3[n-]c(c(Br)c3Br)c3[nH]c2c(Br)c3Br)c(F)c1F. The molecular weight excluding hydrogens is 1510 g/mol. The lowest BCUT2D eigenvalue weighted by atomic mass is 10.0. The van der Waals surface area contributed by atoms with Crippen LogP contribution in [-0.4, -0.2) is 20.3 Å². The molecule has 0 spiro atoms. The molecule has 0 saturated carbocycles. The van der Waals surface area contributed by atoms with E-state index < -0.39 is 172 Å². The number of aromatic nitrogens is 4. The van der Waals surface area contributed by atoms with Crippen LogP contribution in [0.25, 0.3) is 77.5 Å². The Morgan fingerprint density at radius 2 is 0.627 bits per heavy atom. The molecule has 4 nitrogen and oxygen atoms in total. The minimum absolute atomic E-state index is 0.173. The molecule has 8 aromatic rings. The van der Waals surface area contributed by atoms with Crippen LogP contribution in [0.2, 0.25) is 0 Å². The van der Waals surface area contributed by atoms with Gasteiger partial charge in [-0.05, 0) is 101 Å². The van der Waals surface area contributed by atoms with Gasteiger partial charge in [0.1, 0.15) is 9.99 Å². The number of nitrogens with zero attached hydrogens (tertiary/aromatic N) is 1. The zero-order valence-corrected chi connectivity index (χ0v) is 44.8. The third-order valence-corrected chi connectivity index (χ3v) is 18.0. The van der Waals surface area contributed by atoms with Gasteiger partial charge in [-0.2, -0.15) is 22.0 Å². The maximum absolute atomic E-state index is 16.2. The van der Waals surface area contributed by atoms with Crippen LogP contribution in [0.1, 0.15) is 0 Å². The van der Waals surface area contributed by atoms with Crippen molar-refractivity contribution in [2.24, 2.45) is 0 Å². The molecule has 0 atom stereocenters. The largest absolute Gasteiger partial charge is 0.639 e. The van der Waals surface area contributed by atoms with E-state index in [0.29, 0.717) is 0 Å². The Morgan fingerprint density at radius 1 is 0.343 bits per heavy atom. The van der Waals surface area contributed by atoms with Gasteiger partial charge in [0.15, 0.2) is 52.1 Å². The lowest BCUT2D eigenvalue weighted by Crippen LogP contribution is -2.05. The highest BCUT2D eigenvalue weighted by molar-refractivity contribution is 9.14. The molecule has 8 bridgehead atoms. The number of hydrogen-bond acceptors (Lipinski definition) is 0. The van der Waals surface area contributed by atoms with Gasteiger partial charge in [0.2, 0.25) is 40.7 Å². The van der Waals surface area contributed by atoms with Crippen LogP contribution in [0.3, 0.4) is 0 Å². The first kappa shape index (κ1) is 52.6. The van der Waals surface area contributed by atoms with Gasteiger partial charge in [-0.25, -0.2) is 43.9 Å². The molecule has 0 aliphatic heterocycles. The van der Waals surface area contributed by atoms with Crippen LogP contribution in [0.5, 0.6) is 0 Å². The summed E-state index contributed by atoms with van der Waals surface area (Å²) >= 11 is 34.8. The fourth-order valence-corrected chi connectivity index (χ4v) is 10.6. The van der Waals surface area contributed by atoms with Crippen molar-refractivity contribution in [3.05, 3.63) is 123 Å². The van der Waals surface area contributed by atoms with Crippen LogP contribution in [0.15, 0.2) is 35.8 Å². The summed E-state index contributed by atoms with van der Waals surface area (Å²) in [4.78, 5) is 12.1. The van der Waals surface area contributed by atoms with Crippen molar-refractivity contribution < 1.29 is 65.9 Å². The van der Waals surface area contributed by atoms with Crippen LogP contribution >= 0.6 is 151 Å². The zero-order valence-electron chi connectivity index (χ0n) is 30.6. The van der Waals surface area contributed by atoms with Crippen molar-refractivity contribution in [2.75, 3.05) is 5.34 Å². The minimum atomic E-state index is -2.65. The first-order valence-corrected chi connectivity index (χ1v) is 24.2. The van der Waals surface area contributed by atoms with E-state index in [0.717, 1.165) is 0 Å². The van der Waals surface area contributed by atoms with Crippen LogP contribution in [0.4, 0.5) is 65.9 Å². The molecule has 0 unspecified atom stereocenters. The van der Waals surface area contributed by atoms with E-state index in [1.165, 1.54) is 0 Å². The third kappa shape index (κ3) is 8.05. The lowest BCUT2D eigenvalue weighted by molar-refractivity contribution is 0.381. The Labute approximate surface area is 438 Å². The van der Waals surface area contributed by atoms with E-state index in [1.807, 2.05) is 0 Å². The summed E-state index contributed by atoms with van der Waals surface area (Å²) in [6.45, 7) is 0. The fraction of sp³-hybridized carbons (Fsp3) is 0.0263. The number of H-pyrrole nitrogens is 3. The smallest absolute Gasteiger partial charge is 0.239 e. The minimum Gasteiger partial charge on any atom is -0.639 e. The van der Waals surface area contributed by atoms with Crippen molar-refractivity contribution in [1.82, 2.24) is 19.9 Å². The van der Waals surface area contributed by atoms with Crippen LogP contribution in [0, 0.1) is 87.3 Å². The van der Waals surface area contributed by atoms with Crippen molar-refractivity contribution in [1.29, 1.82) is 0 Å². The number of benzene rings is 3. The highest BCUT2D eigenvalue weighted by Gasteiger charge is 2.37. The molecule has 0 fully saturated rings. The topological polar surface area (TPSA) is 61.5 Å². The van der Waals surface area contributed by atoms with Gasteiger partial charge < -0.3 is 19.9 Å². The Kier molecular flexibility index (Phi) is 15.2. The third-order valence-electron chi connectivity index (χ3n) is 9.58. The summed E-state index contributed by atoms with van der Waals surface area (Å²) in [5.74, 6) is -37.5. The molecule has 0 aliphatic carbocycles. The van der Waals surface area contributed by atoms with Gasteiger partial charge in [0, 0.05) is 48.5 Å².